The summed E-state index contributed by atoms with van der Waals surface area (Å²) in [6.45, 7) is 6.56. The first-order valence-corrected chi connectivity index (χ1v) is 12.1. The highest BCUT2D eigenvalue weighted by molar-refractivity contribution is 5.92. The number of aromatic nitrogens is 1. The number of amides is 3. The second-order valence-corrected chi connectivity index (χ2v) is 9.56. The summed E-state index contributed by atoms with van der Waals surface area (Å²) in [6, 6.07) is 15.1. The summed E-state index contributed by atoms with van der Waals surface area (Å²) in [6.07, 6.45) is 1.33. The summed E-state index contributed by atoms with van der Waals surface area (Å²) in [4.78, 5) is 40.4. The Balaban J connectivity index is 1.31. The summed E-state index contributed by atoms with van der Waals surface area (Å²) in [5, 5.41) is 11.7. The van der Waals surface area contributed by atoms with Crippen LogP contribution in [0.5, 0.6) is 0 Å². The van der Waals surface area contributed by atoms with E-state index in [4.69, 9.17) is 4.52 Å². The molecule has 1 atom stereocenters. The van der Waals surface area contributed by atoms with Crippen LogP contribution in [0.15, 0.2) is 53.1 Å². The van der Waals surface area contributed by atoms with Crippen LogP contribution in [0.25, 0.3) is 10.8 Å². The fraction of sp³-hybridized carbons (Fsp3) is 0.407. The number of hydrogen-bond donors (Lipinski definition) is 2. The fourth-order valence-electron chi connectivity index (χ4n) is 4.48. The Morgan fingerprint density at radius 3 is 2.43 bits per heavy atom. The standard InChI is InChI=1S/C27H32N4O4/c1-17(2)25(29-24(32)16-19-8-9-20-6-4-5-7-22(20)15-19)27(34)31-12-10-21(11-13-31)26(33)28-23-14-18(3)35-30-23/h4-9,14-15,17,21,25H,10-13,16H2,1-3H3,(H,29,32)(H,28,30,33). The molecule has 0 saturated carbocycles. The van der Waals surface area contributed by atoms with E-state index in [0.717, 1.165) is 16.3 Å². The number of anilines is 1. The normalized spacial score (nSPS) is 15.3. The molecule has 0 aliphatic carbocycles. The maximum atomic E-state index is 13.3. The number of nitrogens with one attached hydrogen (secondary N) is 2. The molecule has 8 nitrogen and oxygen atoms in total. The van der Waals surface area contributed by atoms with Crippen molar-refractivity contribution in [1.29, 1.82) is 0 Å². The summed E-state index contributed by atoms with van der Waals surface area (Å²) in [7, 11) is 0. The van der Waals surface area contributed by atoms with Gasteiger partial charge in [-0.05, 0) is 42.0 Å². The van der Waals surface area contributed by atoms with Gasteiger partial charge < -0.3 is 20.1 Å². The van der Waals surface area contributed by atoms with Gasteiger partial charge in [0.25, 0.3) is 0 Å². The molecular weight excluding hydrogens is 444 g/mol. The van der Waals surface area contributed by atoms with E-state index >= 15 is 0 Å². The van der Waals surface area contributed by atoms with Crippen LogP contribution < -0.4 is 10.6 Å². The lowest BCUT2D eigenvalue weighted by Crippen LogP contribution is -2.53. The highest BCUT2D eigenvalue weighted by atomic mass is 16.5. The van der Waals surface area contributed by atoms with Crippen LogP contribution in [0, 0.1) is 18.8 Å². The highest BCUT2D eigenvalue weighted by Crippen LogP contribution is 2.21. The number of carbonyl (C=O) groups excluding carboxylic acids is 3. The lowest BCUT2D eigenvalue weighted by molar-refractivity contribution is -0.139. The van der Waals surface area contributed by atoms with E-state index in [1.807, 2.05) is 56.3 Å². The van der Waals surface area contributed by atoms with Crippen LogP contribution in [0.3, 0.4) is 0 Å². The summed E-state index contributed by atoms with van der Waals surface area (Å²) >= 11 is 0. The van der Waals surface area contributed by atoms with Crippen LogP contribution in [0.1, 0.15) is 38.0 Å². The molecule has 0 spiro atoms. The van der Waals surface area contributed by atoms with Gasteiger partial charge in [0.2, 0.25) is 17.7 Å². The van der Waals surface area contributed by atoms with Crippen LogP contribution in [-0.2, 0) is 20.8 Å². The topological polar surface area (TPSA) is 105 Å². The third-order valence-electron chi connectivity index (χ3n) is 6.48. The van der Waals surface area contributed by atoms with Crippen molar-refractivity contribution in [3.63, 3.8) is 0 Å². The van der Waals surface area contributed by atoms with Gasteiger partial charge in [-0.15, -0.1) is 0 Å². The zero-order valence-electron chi connectivity index (χ0n) is 20.4. The number of hydrogen-bond acceptors (Lipinski definition) is 5. The molecule has 35 heavy (non-hydrogen) atoms. The molecule has 3 aromatic rings. The first-order chi connectivity index (χ1) is 16.8. The summed E-state index contributed by atoms with van der Waals surface area (Å²) in [5.41, 5.74) is 0.908. The molecule has 1 aliphatic heterocycles. The second kappa shape index (κ2) is 10.7. The van der Waals surface area contributed by atoms with Crippen LogP contribution in [0.4, 0.5) is 5.82 Å². The quantitative estimate of drug-likeness (QED) is 0.541. The minimum atomic E-state index is -0.605. The van der Waals surface area contributed by atoms with E-state index in [0.29, 0.717) is 37.5 Å². The zero-order valence-corrected chi connectivity index (χ0v) is 20.4. The van der Waals surface area contributed by atoms with E-state index < -0.39 is 6.04 Å². The third-order valence-corrected chi connectivity index (χ3v) is 6.48. The average molecular weight is 477 g/mol. The van der Waals surface area contributed by atoms with Gasteiger partial charge in [-0.1, -0.05) is 61.5 Å². The molecule has 3 amide bonds. The SMILES string of the molecule is Cc1cc(NC(=O)C2CCN(C(=O)C(NC(=O)Cc3ccc4ccccc4c3)C(C)C)CC2)no1. The van der Waals surface area contributed by atoms with Crippen molar-refractivity contribution in [2.24, 2.45) is 11.8 Å². The smallest absolute Gasteiger partial charge is 0.245 e. The largest absolute Gasteiger partial charge is 0.360 e. The predicted molar refractivity (Wildman–Crippen MR) is 134 cm³/mol. The van der Waals surface area contributed by atoms with Gasteiger partial charge >= 0.3 is 0 Å². The minimum absolute atomic E-state index is 0.0560. The Morgan fingerprint density at radius 2 is 1.77 bits per heavy atom. The Hall–Kier alpha value is -3.68. The van der Waals surface area contributed by atoms with Crippen molar-refractivity contribution in [2.75, 3.05) is 18.4 Å². The van der Waals surface area contributed by atoms with Crippen LogP contribution >= 0.6 is 0 Å². The lowest BCUT2D eigenvalue weighted by atomic mass is 9.94. The van der Waals surface area contributed by atoms with Crippen molar-refractivity contribution in [3.05, 3.63) is 59.9 Å². The Labute approximate surface area is 205 Å². The number of rotatable bonds is 7. The molecule has 1 fully saturated rings. The zero-order chi connectivity index (χ0) is 24.9. The molecule has 0 radical (unpaired) electrons. The average Bonchev–Trinajstić information content (AvgIpc) is 3.26. The van der Waals surface area contributed by atoms with Gasteiger partial charge in [0.05, 0.1) is 6.42 Å². The van der Waals surface area contributed by atoms with E-state index in [1.165, 1.54) is 0 Å². The number of piperidine rings is 1. The molecule has 0 bridgehead atoms. The molecule has 2 N–H and O–H groups in total. The maximum absolute atomic E-state index is 13.3. The van der Waals surface area contributed by atoms with Crippen LogP contribution in [-0.4, -0.2) is 46.9 Å². The van der Waals surface area contributed by atoms with Crippen molar-refractivity contribution in [3.8, 4) is 0 Å². The van der Waals surface area contributed by atoms with Gasteiger partial charge in [-0.2, -0.15) is 0 Å². The number of nitrogens with zero attached hydrogens (tertiary/aromatic N) is 2. The van der Waals surface area contributed by atoms with Crippen LogP contribution in [0.2, 0.25) is 0 Å². The number of carbonyl (C=O) groups is 3. The van der Waals surface area contributed by atoms with Gasteiger partial charge in [-0.25, -0.2) is 0 Å². The summed E-state index contributed by atoms with van der Waals surface area (Å²) in [5.74, 6) is 0.385. The Bertz CT molecular complexity index is 1210. The molecule has 184 valence electrons. The first-order valence-electron chi connectivity index (χ1n) is 12.1. The number of likely N-dealkylation sites (tertiary alicyclic amines) is 1. The van der Waals surface area contributed by atoms with Gasteiger partial charge in [0.15, 0.2) is 5.82 Å². The third kappa shape index (κ3) is 6.07. The molecule has 8 heteroatoms. The van der Waals surface area contributed by atoms with Gasteiger partial charge in [0, 0.05) is 25.1 Å². The first kappa shape index (κ1) is 24.4. The van der Waals surface area contributed by atoms with E-state index in [2.05, 4.69) is 15.8 Å². The second-order valence-electron chi connectivity index (χ2n) is 9.56. The van der Waals surface area contributed by atoms with Crippen molar-refractivity contribution >= 4 is 34.3 Å². The summed E-state index contributed by atoms with van der Waals surface area (Å²) < 4.78 is 4.99. The predicted octanol–water partition coefficient (Wildman–Crippen LogP) is 3.70. The lowest BCUT2D eigenvalue weighted by Gasteiger charge is -2.35. The van der Waals surface area contributed by atoms with Crippen molar-refractivity contribution < 1.29 is 18.9 Å². The van der Waals surface area contributed by atoms with Crippen molar-refractivity contribution in [2.45, 2.75) is 46.1 Å². The molecule has 1 unspecified atom stereocenters. The molecule has 1 saturated heterocycles. The van der Waals surface area contributed by atoms with Gasteiger partial charge in [0.1, 0.15) is 11.8 Å². The molecule has 2 aromatic carbocycles. The molecule has 1 aliphatic rings. The van der Waals surface area contributed by atoms with E-state index in [-0.39, 0.29) is 36.0 Å². The van der Waals surface area contributed by atoms with E-state index in [1.54, 1.807) is 17.9 Å². The fourth-order valence-corrected chi connectivity index (χ4v) is 4.48. The molecule has 4 rings (SSSR count). The Kier molecular flexibility index (Phi) is 7.48. The molecular formula is C27H32N4O4. The number of benzene rings is 2. The van der Waals surface area contributed by atoms with Gasteiger partial charge in [-0.3, -0.25) is 14.4 Å². The van der Waals surface area contributed by atoms with E-state index in [9.17, 15) is 14.4 Å². The monoisotopic (exact) mass is 476 g/mol. The number of aryl methyl sites for hydroxylation is 1. The highest BCUT2D eigenvalue weighted by Gasteiger charge is 2.33. The number of fused-ring (bicyclic) bond motifs is 1. The maximum Gasteiger partial charge on any atom is 0.245 e. The Morgan fingerprint density at radius 1 is 1.06 bits per heavy atom. The molecule has 2 heterocycles. The molecule has 1 aromatic heterocycles. The minimum Gasteiger partial charge on any atom is -0.360 e. The van der Waals surface area contributed by atoms with Crippen molar-refractivity contribution in [1.82, 2.24) is 15.4 Å².